The van der Waals surface area contributed by atoms with Crippen LogP contribution in [0.5, 0.6) is 0 Å². The van der Waals surface area contributed by atoms with Crippen molar-refractivity contribution < 1.29 is 4.42 Å². The lowest BCUT2D eigenvalue weighted by Crippen LogP contribution is -2.10. The van der Waals surface area contributed by atoms with E-state index in [2.05, 4.69) is 155 Å². The SMILES string of the molecule is c1ccc(N(c2ccc3c(c2)-c2ccccc2-c2cccc4c5ccccc5n-3c24)c2ccc3oc4ccccc4c3c2)cc1. The first kappa shape index (κ1) is 24.4. The normalized spacial score (nSPS) is 12.0. The van der Waals surface area contributed by atoms with E-state index in [1.165, 1.54) is 49.7 Å². The lowest BCUT2D eigenvalue weighted by Gasteiger charge is -2.27. The molecule has 10 rings (SSSR count). The molecule has 45 heavy (non-hydrogen) atoms. The molecule has 0 radical (unpaired) electrons. The molecule has 3 heteroatoms. The number of nitrogens with zero attached hydrogens (tertiary/aromatic N) is 2. The van der Waals surface area contributed by atoms with Gasteiger partial charge in [0.05, 0.1) is 16.7 Å². The van der Waals surface area contributed by atoms with Crippen LogP contribution in [-0.4, -0.2) is 4.57 Å². The zero-order valence-corrected chi connectivity index (χ0v) is 24.3. The van der Waals surface area contributed by atoms with Gasteiger partial charge < -0.3 is 13.9 Å². The van der Waals surface area contributed by atoms with E-state index < -0.39 is 0 Å². The van der Waals surface area contributed by atoms with Gasteiger partial charge in [0.25, 0.3) is 0 Å². The number of benzene rings is 7. The number of hydrogen-bond donors (Lipinski definition) is 0. The van der Waals surface area contributed by atoms with Crippen molar-refractivity contribution in [2.45, 2.75) is 0 Å². The lowest BCUT2D eigenvalue weighted by atomic mass is 9.93. The fourth-order valence-corrected chi connectivity index (χ4v) is 7.39. The lowest BCUT2D eigenvalue weighted by molar-refractivity contribution is 0.669. The van der Waals surface area contributed by atoms with Gasteiger partial charge in [0.2, 0.25) is 0 Å². The molecule has 2 aromatic heterocycles. The van der Waals surface area contributed by atoms with Crippen LogP contribution in [0.3, 0.4) is 0 Å². The van der Waals surface area contributed by atoms with Gasteiger partial charge in [-0.1, -0.05) is 97.1 Å². The molecule has 3 nitrogen and oxygen atoms in total. The Labute approximate surface area is 259 Å². The Balaban J connectivity index is 1.27. The third kappa shape index (κ3) is 3.46. The molecule has 9 aromatic rings. The zero-order valence-electron chi connectivity index (χ0n) is 24.3. The summed E-state index contributed by atoms with van der Waals surface area (Å²) in [6, 6.07) is 56.7. The predicted octanol–water partition coefficient (Wildman–Crippen LogP) is 11.8. The van der Waals surface area contributed by atoms with Crippen LogP contribution >= 0.6 is 0 Å². The second-order valence-corrected chi connectivity index (χ2v) is 11.8. The highest BCUT2D eigenvalue weighted by molar-refractivity contribution is 6.16. The van der Waals surface area contributed by atoms with Crippen molar-refractivity contribution in [2.75, 3.05) is 4.90 Å². The number of fused-ring (bicyclic) bond motifs is 11. The minimum absolute atomic E-state index is 0.894. The van der Waals surface area contributed by atoms with E-state index >= 15 is 0 Å². The maximum Gasteiger partial charge on any atom is 0.135 e. The summed E-state index contributed by atoms with van der Waals surface area (Å²) in [6.07, 6.45) is 0. The monoisotopic (exact) mass is 574 g/mol. The van der Waals surface area contributed by atoms with Crippen LogP contribution in [0.2, 0.25) is 0 Å². The second-order valence-electron chi connectivity index (χ2n) is 11.8. The Morgan fingerprint density at radius 2 is 1.04 bits per heavy atom. The van der Waals surface area contributed by atoms with Crippen molar-refractivity contribution in [3.63, 3.8) is 0 Å². The largest absolute Gasteiger partial charge is 0.456 e. The van der Waals surface area contributed by atoms with Gasteiger partial charge in [-0.3, -0.25) is 0 Å². The summed E-state index contributed by atoms with van der Waals surface area (Å²) >= 11 is 0. The van der Waals surface area contributed by atoms with Crippen molar-refractivity contribution >= 4 is 60.8 Å². The number of rotatable bonds is 3. The maximum absolute atomic E-state index is 6.19. The van der Waals surface area contributed by atoms with Crippen LogP contribution in [0.4, 0.5) is 17.1 Å². The Morgan fingerprint density at radius 1 is 0.400 bits per heavy atom. The third-order valence-corrected chi connectivity index (χ3v) is 9.31. The average Bonchev–Trinajstić information content (AvgIpc) is 3.61. The molecule has 0 unspecified atom stereocenters. The molecular formula is C42H26N2O. The van der Waals surface area contributed by atoms with Crippen LogP contribution in [0.25, 0.3) is 71.7 Å². The number of anilines is 3. The molecule has 210 valence electrons. The van der Waals surface area contributed by atoms with E-state index in [4.69, 9.17) is 4.42 Å². The average molecular weight is 575 g/mol. The quantitative estimate of drug-likeness (QED) is 0.209. The fourth-order valence-electron chi connectivity index (χ4n) is 7.39. The predicted molar refractivity (Wildman–Crippen MR) is 187 cm³/mol. The summed E-state index contributed by atoms with van der Waals surface area (Å²) in [5.74, 6) is 0. The Kier molecular flexibility index (Phi) is 5.00. The summed E-state index contributed by atoms with van der Waals surface area (Å²) in [7, 11) is 0. The van der Waals surface area contributed by atoms with E-state index in [9.17, 15) is 0 Å². The number of hydrogen-bond acceptors (Lipinski definition) is 2. The van der Waals surface area contributed by atoms with Crippen molar-refractivity contribution in [1.82, 2.24) is 4.57 Å². The molecule has 7 aromatic carbocycles. The highest BCUT2D eigenvalue weighted by atomic mass is 16.3. The van der Waals surface area contributed by atoms with Gasteiger partial charge in [-0.25, -0.2) is 0 Å². The van der Waals surface area contributed by atoms with Crippen LogP contribution in [-0.2, 0) is 0 Å². The second kappa shape index (κ2) is 9.22. The van der Waals surface area contributed by atoms with Crippen molar-refractivity contribution in [3.05, 3.63) is 158 Å². The zero-order chi connectivity index (χ0) is 29.5. The summed E-state index contributed by atoms with van der Waals surface area (Å²) in [5, 5.41) is 4.79. The van der Waals surface area contributed by atoms with Gasteiger partial charge in [0, 0.05) is 49.7 Å². The topological polar surface area (TPSA) is 21.3 Å². The first-order valence-corrected chi connectivity index (χ1v) is 15.4. The summed E-state index contributed by atoms with van der Waals surface area (Å²) in [6.45, 7) is 0. The first-order chi connectivity index (χ1) is 22.3. The molecule has 3 heterocycles. The molecule has 0 atom stereocenters. The third-order valence-electron chi connectivity index (χ3n) is 9.31. The molecule has 0 saturated heterocycles. The maximum atomic E-state index is 6.19. The minimum Gasteiger partial charge on any atom is -0.456 e. The first-order valence-electron chi connectivity index (χ1n) is 15.4. The molecule has 0 saturated carbocycles. The molecule has 0 fully saturated rings. The standard InChI is InChI=1S/C42H26N2O/c1-2-11-27(12-3-1)43(29-22-24-41-37(26-29)33-16-7-9-20-40(33)45-41)28-21-23-39-36(25-28)31-14-5-4-13-30(31)34-17-10-18-35-32-15-6-8-19-38(32)44(39)42(34)35/h1-26H. The van der Waals surface area contributed by atoms with E-state index in [0.29, 0.717) is 0 Å². The summed E-state index contributed by atoms with van der Waals surface area (Å²) in [5.41, 5.74) is 13.7. The van der Waals surface area contributed by atoms with Crippen LogP contribution in [0, 0.1) is 0 Å². The van der Waals surface area contributed by atoms with Gasteiger partial charge in [0.15, 0.2) is 0 Å². The van der Waals surface area contributed by atoms with Gasteiger partial charge >= 0.3 is 0 Å². The van der Waals surface area contributed by atoms with Crippen molar-refractivity contribution in [2.24, 2.45) is 0 Å². The molecule has 1 aliphatic rings. The summed E-state index contributed by atoms with van der Waals surface area (Å²) < 4.78 is 8.66. The van der Waals surface area contributed by atoms with Crippen LogP contribution in [0.1, 0.15) is 0 Å². The van der Waals surface area contributed by atoms with E-state index in [0.717, 1.165) is 39.0 Å². The van der Waals surface area contributed by atoms with Gasteiger partial charge in [-0.05, 0) is 71.8 Å². The number of furan rings is 1. The molecular weight excluding hydrogens is 548 g/mol. The Hall–Kier alpha value is -6.06. The minimum atomic E-state index is 0.894. The van der Waals surface area contributed by atoms with Gasteiger partial charge in [-0.15, -0.1) is 0 Å². The molecule has 0 amide bonds. The molecule has 0 N–H and O–H groups in total. The van der Waals surface area contributed by atoms with E-state index in [1.807, 2.05) is 12.1 Å². The van der Waals surface area contributed by atoms with E-state index in [1.54, 1.807) is 0 Å². The molecule has 1 aliphatic heterocycles. The highest BCUT2D eigenvalue weighted by Crippen LogP contribution is 2.48. The molecule has 0 bridgehead atoms. The highest BCUT2D eigenvalue weighted by Gasteiger charge is 2.25. The number of aromatic nitrogens is 1. The molecule has 0 aliphatic carbocycles. The van der Waals surface area contributed by atoms with Crippen LogP contribution in [0.15, 0.2) is 162 Å². The van der Waals surface area contributed by atoms with E-state index in [-0.39, 0.29) is 0 Å². The molecule has 0 spiro atoms. The van der Waals surface area contributed by atoms with Gasteiger partial charge in [0.1, 0.15) is 11.2 Å². The smallest absolute Gasteiger partial charge is 0.135 e. The van der Waals surface area contributed by atoms with Crippen molar-refractivity contribution in [1.29, 1.82) is 0 Å². The van der Waals surface area contributed by atoms with Gasteiger partial charge in [-0.2, -0.15) is 0 Å². The fraction of sp³-hybridized carbons (Fsp3) is 0. The Morgan fingerprint density at radius 3 is 1.93 bits per heavy atom. The Bertz CT molecular complexity index is 2610. The van der Waals surface area contributed by atoms with Crippen LogP contribution < -0.4 is 4.90 Å². The van der Waals surface area contributed by atoms with Crippen molar-refractivity contribution in [3.8, 4) is 27.9 Å². The summed E-state index contributed by atoms with van der Waals surface area (Å²) in [4.78, 5) is 2.35. The number of para-hydroxylation sites is 4.